The van der Waals surface area contributed by atoms with Crippen LogP contribution in [0.2, 0.25) is 0 Å². The third-order valence-electron chi connectivity index (χ3n) is 2.79. The Balaban J connectivity index is 1.98. The van der Waals surface area contributed by atoms with Crippen LogP contribution < -0.4 is 15.6 Å². The van der Waals surface area contributed by atoms with Crippen molar-refractivity contribution in [3.63, 3.8) is 0 Å². The number of hydrogen-bond acceptors (Lipinski definition) is 6. The van der Waals surface area contributed by atoms with Crippen LogP contribution in [0.1, 0.15) is 10.5 Å². The minimum absolute atomic E-state index is 0.0839. The molecule has 0 bridgehead atoms. The van der Waals surface area contributed by atoms with Crippen LogP contribution in [-0.2, 0) is 0 Å². The van der Waals surface area contributed by atoms with Gasteiger partial charge >= 0.3 is 6.01 Å². The second-order valence-corrected chi connectivity index (χ2v) is 4.07. The Morgan fingerprint density at radius 2 is 1.95 bits per heavy atom. The zero-order chi connectivity index (χ0) is 14.8. The number of nitrogens with one attached hydrogen (secondary N) is 3. The molecule has 0 saturated carbocycles. The molecule has 0 unspecified atom stereocenters. The average molecular weight is 286 g/mol. The van der Waals surface area contributed by atoms with Crippen molar-refractivity contribution in [3.05, 3.63) is 40.3 Å². The van der Waals surface area contributed by atoms with Gasteiger partial charge in [0.2, 0.25) is 5.95 Å². The fourth-order valence-electron chi connectivity index (χ4n) is 1.85. The average Bonchev–Trinajstić information content (AvgIpc) is 2.95. The summed E-state index contributed by atoms with van der Waals surface area (Å²) in [6, 6.07) is 6.79. The third-order valence-corrected chi connectivity index (χ3v) is 2.79. The number of benzene rings is 1. The topological polar surface area (TPSA) is 126 Å². The van der Waals surface area contributed by atoms with E-state index in [0.29, 0.717) is 10.8 Å². The van der Waals surface area contributed by atoms with Gasteiger partial charge in [-0.3, -0.25) is 14.9 Å². The van der Waals surface area contributed by atoms with E-state index in [1.807, 2.05) is 0 Å². The van der Waals surface area contributed by atoms with Crippen LogP contribution in [-0.4, -0.2) is 38.4 Å². The molecular weight excluding hydrogens is 276 g/mol. The summed E-state index contributed by atoms with van der Waals surface area (Å²) in [7, 11) is 1.41. The number of fused-ring (bicyclic) bond motifs is 1. The first-order valence-corrected chi connectivity index (χ1v) is 5.94. The van der Waals surface area contributed by atoms with Crippen LogP contribution in [0.15, 0.2) is 29.1 Å². The van der Waals surface area contributed by atoms with Gasteiger partial charge in [0.25, 0.3) is 11.5 Å². The smallest absolute Gasteiger partial charge is 0.336 e. The van der Waals surface area contributed by atoms with Crippen LogP contribution in [0.4, 0.5) is 5.95 Å². The lowest BCUT2D eigenvalue weighted by Gasteiger charge is -2.03. The molecule has 0 aliphatic rings. The molecule has 0 spiro atoms. The summed E-state index contributed by atoms with van der Waals surface area (Å²) < 4.78 is 4.80. The van der Waals surface area contributed by atoms with E-state index in [4.69, 9.17) is 4.74 Å². The number of nitrogens with zero attached hydrogens (tertiary/aromatic N) is 3. The van der Waals surface area contributed by atoms with Gasteiger partial charge in [0, 0.05) is 5.39 Å². The summed E-state index contributed by atoms with van der Waals surface area (Å²) in [6.45, 7) is 0. The zero-order valence-corrected chi connectivity index (χ0v) is 10.9. The molecule has 3 aromatic rings. The van der Waals surface area contributed by atoms with E-state index in [2.05, 4.69) is 30.7 Å². The van der Waals surface area contributed by atoms with Gasteiger partial charge in [0.15, 0.2) is 5.69 Å². The summed E-state index contributed by atoms with van der Waals surface area (Å²) in [4.78, 5) is 27.7. The quantitative estimate of drug-likeness (QED) is 0.636. The van der Waals surface area contributed by atoms with Gasteiger partial charge in [-0.25, -0.2) is 10.2 Å². The maximum absolute atomic E-state index is 12.2. The molecule has 106 valence electrons. The molecule has 0 fully saturated rings. The van der Waals surface area contributed by atoms with Gasteiger partial charge in [0.05, 0.1) is 12.5 Å². The number of ether oxygens (including phenoxy) is 1. The van der Waals surface area contributed by atoms with Crippen molar-refractivity contribution in [1.82, 2.24) is 25.4 Å². The molecule has 2 aromatic heterocycles. The van der Waals surface area contributed by atoms with E-state index in [1.165, 1.54) is 7.11 Å². The largest absolute Gasteiger partial charge is 0.466 e. The Morgan fingerprint density at radius 1 is 1.19 bits per heavy atom. The molecule has 1 aromatic carbocycles. The SMILES string of the molecule is COc1n[nH]c(NC(=O)c2n[nH]c(=O)c3ccccc23)n1. The molecule has 0 aliphatic carbocycles. The molecule has 2 heterocycles. The van der Waals surface area contributed by atoms with Crippen molar-refractivity contribution in [1.29, 1.82) is 0 Å². The molecule has 0 aliphatic heterocycles. The van der Waals surface area contributed by atoms with Crippen molar-refractivity contribution in [2.45, 2.75) is 0 Å². The monoisotopic (exact) mass is 286 g/mol. The van der Waals surface area contributed by atoms with Crippen molar-refractivity contribution in [3.8, 4) is 6.01 Å². The Labute approximate surface area is 117 Å². The molecule has 1 amide bonds. The predicted molar refractivity (Wildman–Crippen MR) is 73.3 cm³/mol. The number of anilines is 1. The van der Waals surface area contributed by atoms with Crippen molar-refractivity contribution in [2.24, 2.45) is 0 Å². The lowest BCUT2D eigenvalue weighted by atomic mass is 10.1. The van der Waals surface area contributed by atoms with Gasteiger partial charge in [-0.2, -0.15) is 10.1 Å². The van der Waals surface area contributed by atoms with E-state index in [-0.39, 0.29) is 23.2 Å². The molecular formula is C12H10N6O3. The number of carbonyl (C=O) groups is 1. The highest BCUT2D eigenvalue weighted by molar-refractivity contribution is 6.10. The molecule has 3 rings (SSSR count). The first-order valence-electron chi connectivity index (χ1n) is 5.94. The molecule has 0 radical (unpaired) electrons. The predicted octanol–water partition coefficient (Wildman–Crippen LogP) is 0.302. The number of hydrogen-bond donors (Lipinski definition) is 3. The summed E-state index contributed by atoms with van der Waals surface area (Å²) in [5.74, 6) is -0.407. The molecule has 9 nitrogen and oxygen atoms in total. The lowest BCUT2D eigenvalue weighted by Crippen LogP contribution is -2.19. The van der Waals surface area contributed by atoms with Crippen molar-refractivity contribution in [2.75, 3.05) is 12.4 Å². The lowest BCUT2D eigenvalue weighted by molar-refractivity contribution is 0.102. The normalized spacial score (nSPS) is 10.5. The van der Waals surface area contributed by atoms with Gasteiger partial charge in [0.1, 0.15) is 0 Å². The number of amides is 1. The van der Waals surface area contributed by atoms with E-state index >= 15 is 0 Å². The zero-order valence-electron chi connectivity index (χ0n) is 10.9. The van der Waals surface area contributed by atoms with Crippen LogP contribution in [0, 0.1) is 0 Å². The number of aromatic amines is 2. The van der Waals surface area contributed by atoms with Crippen LogP contribution >= 0.6 is 0 Å². The molecule has 0 saturated heterocycles. The molecule has 3 N–H and O–H groups in total. The number of H-pyrrole nitrogens is 2. The van der Waals surface area contributed by atoms with E-state index in [1.54, 1.807) is 24.3 Å². The van der Waals surface area contributed by atoms with Crippen LogP contribution in [0.25, 0.3) is 10.8 Å². The number of methoxy groups -OCH3 is 1. The second-order valence-electron chi connectivity index (χ2n) is 4.07. The summed E-state index contributed by atoms with van der Waals surface area (Å²) in [5.41, 5.74) is -0.274. The van der Waals surface area contributed by atoms with Gasteiger partial charge in [-0.15, -0.1) is 5.10 Å². The standard InChI is InChI=1S/C12H10N6O3/c1-21-12-14-11(17-18-12)13-10(20)8-6-4-2-3-5-7(6)9(19)16-15-8/h2-5H,1H3,(H,16,19)(H2,13,14,17,18,20). The van der Waals surface area contributed by atoms with Crippen LogP contribution in [0.3, 0.4) is 0 Å². The fourth-order valence-corrected chi connectivity index (χ4v) is 1.85. The molecule has 9 heteroatoms. The van der Waals surface area contributed by atoms with E-state index < -0.39 is 5.91 Å². The minimum Gasteiger partial charge on any atom is -0.466 e. The third kappa shape index (κ3) is 2.31. The summed E-state index contributed by atoms with van der Waals surface area (Å²) in [6.07, 6.45) is 0. The van der Waals surface area contributed by atoms with Crippen LogP contribution in [0.5, 0.6) is 6.01 Å². The Hall–Kier alpha value is -3.23. The molecule has 0 atom stereocenters. The Bertz CT molecular complexity index is 869. The van der Waals surface area contributed by atoms with Gasteiger partial charge in [-0.1, -0.05) is 18.2 Å². The Morgan fingerprint density at radius 3 is 2.67 bits per heavy atom. The van der Waals surface area contributed by atoms with E-state index in [9.17, 15) is 9.59 Å². The minimum atomic E-state index is -0.527. The first-order chi connectivity index (χ1) is 10.2. The highest BCUT2D eigenvalue weighted by atomic mass is 16.5. The summed E-state index contributed by atoms with van der Waals surface area (Å²) in [5, 5.41) is 15.6. The second kappa shape index (κ2) is 5.04. The molecule has 21 heavy (non-hydrogen) atoms. The highest BCUT2D eigenvalue weighted by Crippen LogP contribution is 2.14. The Kier molecular flexibility index (Phi) is 3.07. The maximum Gasteiger partial charge on any atom is 0.336 e. The first kappa shape index (κ1) is 12.8. The fraction of sp³-hybridized carbons (Fsp3) is 0.0833. The number of carbonyl (C=O) groups excluding carboxylic acids is 1. The number of rotatable bonds is 3. The van der Waals surface area contributed by atoms with Gasteiger partial charge in [-0.05, 0) is 6.07 Å². The van der Waals surface area contributed by atoms with Crippen molar-refractivity contribution >= 4 is 22.6 Å². The summed E-state index contributed by atoms with van der Waals surface area (Å²) >= 11 is 0. The van der Waals surface area contributed by atoms with Crippen molar-refractivity contribution < 1.29 is 9.53 Å². The highest BCUT2D eigenvalue weighted by Gasteiger charge is 2.15. The maximum atomic E-state index is 12.2. The number of aromatic nitrogens is 5. The van der Waals surface area contributed by atoms with E-state index in [0.717, 1.165) is 0 Å². The van der Waals surface area contributed by atoms with Gasteiger partial charge < -0.3 is 4.74 Å².